The van der Waals surface area contributed by atoms with Gasteiger partial charge in [0.15, 0.2) is 5.82 Å². The topological polar surface area (TPSA) is 101 Å². The van der Waals surface area contributed by atoms with Gasteiger partial charge in [-0.3, -0.25) is 19.2 Å². The zero-order valence-corrected chi connectivity index (χ0v) is 20.8. The quantitative estimate of drug-likeness (QED) is 0.555. The molecule has 1 aromatic carbocycles. The van der Waals surface area contributed by atoms with Gasteiger partial charge in [-0.25, -0.2) is 6.57 Å². The van der Waals surface area contributed by atoms with E-state index in [2.05, 4.69) is 49.3 Å². The Morgan fingerprint density at radius 3 is 2.39 bits per heavy atom. The van der Waals surface area contributed by atoms with Crippen LogP contribution in [0.2, 0.25) is 0 Å². The fraction of sp³-hybridized carbons (Fsp3) is 0.556. The predicted octanol–water partition coefficient (Wildman–Crippen LogP) is 3.23. The fourth-order valence-electron chi connectivity index (χ4n) is 5.41. The lowest BCUT2D eigenvalue weighted by Gasteiger charge is -2.38. The van der Waals surface area contributed by atoms with Crippen molar-refractivity contribution in [2.75, 3.05) is 42.9 Å². The van der Waals surface area contributed by atoms with Gasteiger partial charge in [0.05, 0.1) is 0 Å². The van der Waals surface area contributed by atoms with E-state index in [1.807, 2.05) is 0 Å². The molecule has 5 rings (SSSR count). The van der Waals surface area contributed by atoms with Crippen LogP contribution in [0.3, 0.4) is 0 Å². The first kappa shape index (κ1) is 24.3. The minimum atomic E-state index is -0.629. The number of likely N-dealkylation sites (tertiary alicyclic amines) is 1. The second-order valence-corrected chi connectivity index (χ2v) is 10.5. The molecule has 3 N–H and O–H groups in total. The number of carbonyl (C=O) groups is 2. The van der Waals surface area contributed by atoms with Crippen LogP contribution < -0.4 is 16.0 Å². The van der Waals surface area contributed by atoms with Gasteiger partial charge in [0.2, 0.25) is 12.5 Å². The number of piperidine rings is 2. The van der Waals surface area contributed by atoms with Gasteiger partial charge in [-0.1, -0.05) is 12.1 Å². The van der Waals surface area contributed by atoms with Gasteiger partial charge in [0.25, 0.3) is 5.91 Å². The van der Waals surface area contributed by atoms with Crippen LogP contribution >= 0.6 is 0 Å². The molecule has 1 aliphatic carbocycles. The highest BCUT2D eigenvalue weighted by molar-refractivity contribution is 6.02. The molecular weight excluding hydrogens is 454 g/mol. The number of aromatic nitrogens is 2. The Kier molecular flexibility index (Phi) is 6.97. The first-order chi connectivity index (χ1) is 17.5. The Morgan fingerprint density at radius 1 is 1.08 bits per heavy atom. The molecule has 3 fully saturated rings. The molecule has 0 spiro atoms. The van der Waals surface area contributed by atoms with Crippen molar-refractivity contribution >= 4 is 23.3 Å². The van der Waals surface area contributed by atoms with E-state index in [9.17, 15) is 9.59 Å². The molecule has 9 nitrogen and oxygen atoms in total. The Balaban J connectivity index is 1.25. The summed E-state index contributed by atoms with van der Waals surface area (Å²) in [6, 6.07) is 8.93. The number of amides is 2. The molecule has 2 aromatic rings. The molecule has 1 aromatic heterocycles. The number of nitrogens with zero attached hydrogens (tertiary/aromatic N) is 5. The van der Waals surface area contributed by atoms with Crippen molar-refractivity contribution in [3.63, 3.8) is 0 Å². The molecule has 0 atom stereocenters. The van der Waals surface area contributed by atoms with Crippen molar-refractivity contribution in [1.82, 2.24) is 14.7 Å². The van der Waals surface area contributed by atoms with Crippen molar-refractivity contribution in [3.8, 4) is 0 Å². The molecule has 3 heterocycles. The summed E-state index contributed by atoms with van der Waals surface area (Å²) in [4.78, 5) is 33.0. The van der Waals surface area contributed by atoms with Gasteiger partial charge in [-0.15, -0.1) is 0 Å². The van der Waals surface area contributed by atoms with E-state index in [-0.39, 0.29) is 29.8 Å². The maximum Gasteiger partial charge on any atom is 0.254 e. The van der Waals surface area contributed by atoms with Crippen LogP contribution in [-0.2, 0) is 16.9 Å². The first-order valence-corrected chi connectivity index (χ1v) is 13.1. The van der Waals surface area contributed by atoms with Gasteiger partial charge >= 0.3 is 0 Å². The summed E-state index contributed by atoms with van der Waals surface area (Å²) < 4.78 is 1.72. The summed E-state index contributed by atoms with van der Waals surface area (Å²) in [5, 5.41) is 7.36. The Bertz CT molecular complexity index is 1130. The van der Waals surface area contributed by atoms with Crippen LogP contribution in [0.1, 0.15) is 60.9 Å². The van der Waals surface area contributed by atoms with Crippen LogP contribution in [0.4, 0.5) is 11.5 Å². The van der Waals surface area contributed by atoms with Gasteiger partial charge in [0.1, 0.15) is 11.1 Å². The van der Waals surface area contributed by atoms with Gasteiger partial charge in [-0.2, -0.15) is 5.10 Å². The number of nitrogens with one attached hydrogen (secondary N) is 1. The van der Waals surface area contributed by atoms with Crippen molar-refractivity contribution < 1.29 is 9.59 Å². The van der Waals surface area contributed by atoms with Gasteiger partial charge in [-0.05, 0) is 62.6 Å². The summed E-state index contributed by atoms with van der Waals surface area (Å²) >= 11 is 0. The highest BCUT2D eigenvalue weighted by Crippen LogP contribution is 2.34. The van der Waals surface area contributed by atoms with Crippen molar-refractivity contribution in [3.05, 3.63) is 53.0 Å². The molecule has 0 bridgehead atoms. The molecule has 1 saturated carbocycles. The second-order valence-electron chi connectivity index (χ2n) is 10.5. The third-order valence-corrected chi connectivity index (χ3v) is 7.88. The zero-order valence-electron chi connectivity index (χ0n) is 20.8. The number of anilines is 2. The molecule has 2 aliphatic heterocycles. The van der Waals surface area contributed by atoms with E-state index in [0.717, 1.165) is 58.4 Å². The number of benzene rings is 1. The Labute approximate surface area is 212 Å². The molecule has 0 unspecified atom stereocenters. The average Bonchev–Trinajstić information content (AvgIpc) is 3.66. The second kappa shape index (κ2) is 10.3. The number of primary amides is 1. The fourth-order valence-corrected chi connectivity index (χ4v) is 5.41. The number of hydrogen-bond donors (Lipinski definition) is 2. The number of nitrogens with two attached hydrogens (primary N) is 1. The largest absolute Gasteiger partial charge is 0.372 e. The lowest BCUT2D eigenvalue weighted by molar-refractivity contribution is -0.117. The third kappa shape index (κ3) is 5.24. The molecule has 190 valence electrons. The Morgan fingerprint density at radius 2 is 1.78 bits per heavy atom. The standard InChI is InChI=1S/C27H35N7O2/c1-29-19-27(34-18-23(24(28)35)25(31-34)30-26(36)21-7-8-21)11-15-32(16-12-27)17-20-5-9-22(10-6-20)33-13-3-2-4-14-33/h5-6,9-10,18,21H,2-4,7-8,11-17,19H2,(H2,28,35)(H,30,31,36). The maximum absolute atomic E-state index is 12.3. The minimum absolute atomic E-state index is 0.00904. The molecule has 2 amide bonds. The van der Waals surface area contributed by atoms with E-state index in [1.54, 1.807) is 10.9 Å². The van der Waals surface area contributed by atoms with E-state index in [1.165, 1.54) is 30.5 Å². The van der Waals surface area contributed by atoms with Gasteiger partial charge < -0.3 is 20.8 Å². The molecule has 9 heteroatoms. The molecular formula is C27H35N7O2. The van der Waals surface area contributed by atoms with Crippen LogP contribution in [0.25, 0.3) is 4.85 Å². The highest BCUT2D eigenvalue weighted by Gasteiger charge is 2.41. The zero-order chi connectivity index (χ0) is 25.1. The van der Waals surface area contributed by atoms with Crippen molar-refractivity contribution in [2.45, 2.75) is 57.0 Å². The van der Waals surface area contributed by atoms with E-state index < -0.39 is 11.4 Å². The lowest BCUT2D eigenvalue weighted by Crippen LogP contribution is -2.48. The number of carbonyl (C=O) groups excluding carboxylic acids is 2. The van der Waals surface area contributed by atoms with Crippen LogP contribution in [0, 0.1) is 12.5 Å². The average molecular weight is 490 g/mol. The summed E-state index contributed by atoms with van der Waals surface area (Å²) in [5.74, 6) is -0.552. The summed E-state index contributed by atoms with van der Waals surface area (Å²) in [7, 11) is 0. The lowest BCUT2D eigenvalue weighted by atomic mass is 9.87. The maximum atomic E-state index is 12.3. The molecule has 36 heavy (non-hydrogen) atoms. The molecule has 0 radical (unpaired) electrons. The minimum Gasteiger partial charge on any atom is -0.372 e. The van der Waals surface area contributed by atoms with Crippen molar-refractivity contribution in [1.29, 1.82) is 0 Å². The number of rotatable bonds is 8. The number of hydrogen-bond acceptors (Lipinski definition) is 5. The van der Waals surface area contributed by atoms with E-state index in [0.29, 0.717) is 0 Å². The van der Waals surface area contributed by atoms with Gasteiger partial charge in [0, 0.05) is 50.5 Å². The summed E-state index contributed by atoms with van der Waals surface area (Å²) in [5.41, 5.74) is 7.86. The van der Waals surface area contributed by atoms with Crippen LogP contribution in [-0.4, -0.2) is 59.2 Å². The highest BCUT2D eigenvalue weighted by atomic mass is 16.2. The van der Waals surface area contributed by atoms with E-state index >= 15 is 0 Å². The SMILES string of the molecule is [C-]#[N+]CC1(n2cc(C(N)=O)c(NC(=O)C3CC3)n2)CCN(Cc2ccc(N3CCCCC3)cc2)CC1. The predicted molar refractivity (Wildman–Crippen MR) is 139 cm³/mol. The molecule has 3 aliphatic rings. The van der Waals surface area contributed by atoms with E-state index in [4.69, 9.17) is 12.3 Å². The first-order valence-electron chi connectivity index (χ1n) is 13.1. The summed E-state index contributed by atoms with van der Waals surface area (Å²) in [6.45, 7) is 12.6. The summed E-state index contributed by atoms with van der Waals surface area (Å²) in [6.07, 6.45) is 8.67. The van der Waals surface area contributed by atoms with Crippen molar-refractivity contribution in [2.24, 2.45) is 11.7 Å². The smallest absolute Gasteiger partial charge is 0.254 e. The van der Waals surface area contributed by atoms with Crippen LogP contribution in [0.15, 0.2) is 30.5 Å². The Hall–Kier alpha value is -3.38. The van der Waals surface area contributed by atoms with Crippen LogP contribution in [0.5, 0.6) is 0 Å². The monoisotopic (exact) mass is 489 g/mol. The molecule has 2 saturated heterocycles. The third-order valence-electron chi connectivity index (χ3n) is 7.88. The normalized spacial score (nSPS) is 20.0.